The minimum atomic E-state index is -0.526. The number of aromatic amines is 1. The number of amides is 2. The van der Waals surface area contributed by atoms with Crippen molar-refractivity contribution in [2.45, 2.75) is 12.8 Å². The normalized spacial score (nSPS) is 10.6. The van der Waals surface area contributed by atoms with Crippen LogP contribution in [0.3, 0.4) is 0 Å². The summed E-state index contributed by atoms with van der Waals surface area (Å²) in [5.41, 5.74) is 8.05. The monoisotopic (exact) mass is 418 g/mol. The van der Waals surface area contributed by atoms with E-state index in [-0.39, 0.29) is 5.91 Å². The van der Waals surface area contributed by atoms with Crippen LogP contribution in [0.5, 0.6) is 0 Å². The number of nitrogens with zero attached hydrogens (tertiary/aromatic N) is 1. The van der Waals surface area contributed by atoms with E-state index in [0.29, 0.717) is 29.4 Å². The van der Waals surface area contributed by atoms with E-state index < -0.39 is 5.91 Å². The zero-order valence-electron chi connectivity index (χ0n) is 13.1. The summed E-state index contributed by atoms with van der Waals surface area (Å²) >= 11 is 4.81. The molecular formula is C17H15BrN4O2S. The summed E-state index contributed by atoms with van der Waals surface area (Å²) in [6, 6.07) is 9.46. The predicted octanol–water partition coefficient (Wildman–Crippen LogP) is 3.57. The Morgan fingerprint density at radius 3 is 2.84 bits per heavy atom. The van der Waals surface area contributed by atoms with Gasteiger partial charge in [-0.25, -0.2) is 4.98 Å². The maximum absolute atomic E-state index is 12.1. The third-order valence-corrected chi connectivity index (χ3v) is 5.11. The molecule has 0 aliphatic rings. The number of carbonyl (C=O) groups excluding carboxylic acids is 2. The Morgan fingerprint density at radius 2 is 2.12 bits per heavy atom. The molecule has 4 N–H and O–H groups in total. The average Bonchev–Trinajstić information content (AvgIpc) is 3.23. The van der Waals surface area contributed by atoms with Gasteiger partial charge in [-0.3, -0.25) is 9.59 Å². The number of thiazole rings is 1. The molecule has 1 aromatic carbocycles. The fourth-order valence-corrected chi connectivity index (χ4v) is 3.50. The molecule has 0 spiro atoms. The van der Waals surface area contributed by atoms with E-state index in [1.165, 1.54) is 11.3 Å². The second-order valence-corrected chi connectivity index (χ2v) is 7.06. The molecule has 2 heterocycles. The maximum Gasteiger partial charge on any atom is 0.265 e. The first-order chi connectivity index (χ1) is 12.0. The lowest BCUT2D eigenvalue weighted by molar-refractivity contribution is -0.116. The fourth-order valence-electron chi connectivity index (χ4n) is 2.28. The highest BCUT2D eigenvalue weighted by atomic mass is 79.9. The number of primary amides is 1. The van der Waals surface area contributed by atoms with E-state index in [1.54, 1.807) is 12.3 Å². The molecule has 0 fully saturated rings. The standard InChI is InChI=1S/C17H15BrN4O2S/c18-12-4-2-1-3-10(12)5-6-15(23)22-17-21-14(9-25-17)11-7-13(16(19)24)20-8-11/h1-4,7-9,20H,5-6H2,(H2,19,24)(H,21,22,23). The van der Waals surface area contributed by atoms with Crippen LogP contribution >= 0.6 is 27.3 Å². The van der Waals surface area contributed by atoms with E-state index in [1.807, 2.05) is 29.6 Å². The van der Waals surface area contributed by atoms with Crippen molar-refractivity contribution in [1.29, 1.82) is 0 Å². The largest absolute Gasteiger partial charge is 0.364 e. The summed E-state index contributed by atoms with van der Waals surface area (Å²) in [6.45, 7) is 0. The van der Waals surface area contributed by atoms with Crippen LogP contribution in [-0.2, 0) is 11.2 Å². The molecule has 128 valence electrons. The first-order valence-electron chi connectivity index (χ1n) is 7.50. The summed E-state index contributed by atoms with van der Waals surface area (Å²) in [7, 11) is 0. The number of aromatic nitrogens is 2. The summed E-state index contributed by atoms with van der Waals surface area (Å²) in [5, 5.41) is 5.14. The average molecular weight is 419 g/mol. The Bertz CT molecular complexity index is 919. The number of anilines is 1. The first-order valence-corrected chi connectivity index (χ1v) is 9.17. The van der Waals surface area contributed by atoms with Gasteiger partial charge in [0.1, 0.15) is 5.69 Å². The molecule has 0 atom stereocenters. The van der Waals surface area contributed by atoms with Crippen LogP contribution in [-0.4, -0.2) is 21.8 Å². The van der Waals surface area contributed by atoms with Crippen LogP contribution in [0.15, 0.2) is 46.4 Å². The molecule has 3 rings (SSSR count). The van der Waals surface area contributed by atoms with Gasteiger partial charge < -0.3 is 16.0 Å². The molecule has 2 aromatic heterocycles. The van der Waals surface area contributed by atoms with E-state index in [0.717, 1.165) is 15.6 Å². The van der Waals surface area contributed by atoms with Crippen LogP contribution in [0.25, 0.3) is 11.3 Å². The Morgan fingerprint density at radius 1 is 1.32 bits per heavy atom. The molecule has 0 radical (unpaired) electrons. The van der Waals surface area contributed by atoms with Crippen molar-refractivity contribution in [3.63, 3.8) is 0 Å². The molecule has 0 aliphatic heterocycles. The quantitative estimate of drug-likeness (QED) is 0.569. The lowest BCUT2D eigenvalue weighted by atomic mass is 10.1. The highest BCUT2D eigenvalue weighted by molar-refractivity contribution is 9.10. The van der Waals surface area contributed by atoms with Crippen LogP contribution in [0, 0.1) is 0 Å². The molecular weight excluding hydrogens is 404 g/mol. The molecule has 0 bridgehead atoms. The van der Waals surface area contributed by atoms with Gasteiger partial charge in [-0.05, 0) is 24.1 Å². The third-order valence-electron chi connectivity index (χ3n) is 3.57. The second kappa shape index (κ2) is 7.62. The lowest BCUT2D eigenvalue weighted by Gasteiger charge is -2.04. The Hall–Kier alpha value is -2.45. The summed E-state index contributed by atoms with van der Waals surface area (Å²) in [5.74, 6) is -0.620. The maximum atomic E-state index is 12.1. The number of H-pyrrole nitrogens is 1. The molecule has 3 aromatic rings. The Balaban J connectivity index is 1.60. The third kappa shape index (κ3) is 4.34. The van der Waals surface area contributed by atoms with Crippen molar-refractivity contribution in [1.82, 2.24) is 9.97 Å². The molecule has 2 amide bonds. The lowest BCUT2D eigenvalue weighted by Crippen LogP contribution is -2.12. The van der Waals surface area contributed by atoms with Gasteiger partial charge in [-0.2, -0.15) is 0 Å². The van der Waals surface area contributed by atoms with E-state index in [2.05, 4.69) is 31.2 Å². The number of carbonyl (C=O) groups is 2. The molecule has 0 saturated carbocycles. The number of aryl methyl sites for hydroxylation is 1. The number of nitrogens with two attached hydrogens (primary N) is 1. The van der Waals surface area contributed by atoms with E-state index >= 15 is 0 Å². The zero-order valence-corrected chi connectivity index (χ0v) is 15.5. The van der Waals surface area contributed by atoms with Gasteiger partial charge in [0.2, 0.25) is 5.91 Å². The topological polar surface area (TPSA) is 101 Å². The van der Waals surface area contributed by atoms with Gasteiger partial charge in [0, 0.05) is 28.0 Å². The highest BCUT2D eigenvalue weighted by Gasteiger charge is 2.11. The molecule has 8 heteroatoms. The van der Waals surface area contributed by atoms with Gasteiger partial charge in [0.05, 0.1) is 5.69 Å². The summed E-state index contributed by atoms with van der Waals surface area (Å²) in [6.07, 6.45) is 2.67. The first kappa shape index (κ1) is 17.4. The van der Waals surface area contributed by atoms with Crippen LogP contribution in [0.2, 0.25) is 0 Å². The van der Waals surface area contributed by atoms with Gasteiger partial charge in [0.15, 0.2) is 5.13 Å². The number of nitrogens with one attached hydrogen (secondary N) is 2. The highest BCUT2D eigenvalue weighted by Crippen LogP contribution is 2.25. The van der Waals surface area contributed by atoms with Crippen molar-refractivity contribution in [2.24, 2.45) is 5.73 Å². The van der Waals surface area contributed by atoms with E-state index in [9.17, 15) is 9.59 Å². The second-order valence-electron chi connectivity index (χ2n) is 5.34. The van der Waals surface area contributed by atoms with Gasteiger partial charge in [-0.1, -0.05) is 34.1 Å². The fraction of sp³-hybridized carbons (Fsp3) is 0.118. The van der Waals surface area contributed by atoms with Crippen molar-refractivity contribution < 1.29 is 9.59 Å². The summed E-state index contributed by atoms with van der Waals surface area (Å²) in [4.78, 5) is 30.4. The molecule has 0 saturated heterocycles. The SMILES string of the molecule is NC(=O)c1cc(-c2csc(NC(=O)CCc3ccccc3Br)n2)c[nH]1. The molecule has 0 aliphatic carbocycles. The number of benzene rings is 1. The molecule has 6 nitrogen and oxygen atoms in total. The van der Waals surface area contributed by atoms with Crippen molar-refractivity contribution in [3.05, 3.63) is 57.6 Å². The Labute approximate surface area is 156 Å². The van der Waals surface area contributed by atoms with Gasteiger partial charge >= 0.3 is 0 Å². The van der Waals surface area contributed by atoms with Crippen LogP contribution < -0.4 is 11.1 Å². The van der Waals surface area contributed by atoms with E-state index in [4.69, 9.17) is 5.73 Å². The smallest absolute Gasteiger partial charge is 0.265 e. The molecule has 25 heavy (non-hydrogen) atoms. The zero-order chi connectivity index (χ0) is 17.8. The van der Waals surface area contributed by atoms with Gasteiger partial charge in [-0.15, -0.1) is 11.3 Å². The number of halogens is 1. The number of hydrogen-bond acceptors (Lipinski definition) is 4. The van der Waals surface area contributed by atoms with Crippen LogP contribution in [0.1, 0.15) is 22.5 Å². The Kier molecular flexibility index (Phi) is 5.30. The van der Waals surface area contributed by atoms with Crippen LogP contribution in [0.4, 0.5) is 5.13 Å². The minimum Gasteiger partial charge on any atom is -0.364 e. The summed E-state index contributed by atoms with van der Waals surface area (Å²) < 4.78 is 0.997. The van der Waals surface area contributed by atoms with Gasteiger partial charge in [0.25, 0.3) is 5.91 Å². The predicted molar refractivity (Wildman–Crippen MR) is 102 cm³/mol. The van der Waals surface area contributed by atoms with Crippen molar-refractivity contribution in [3.8, 4) is 11.3 Å². The number of rotatable bonds is 6. The molecule has 0 unspecified atom stereocenters. The number of hydrogen-bond donors (Lipinski definition) is 3. The van der Waals surface area contributed by atoms with Crippen molar-refractivity contribution >= 4 is 44.2 Å². The van der Waals surface area contributed by atoms with Crippen molar-refractivity contribution in [2.75, 3.05) is 5.32 Å². The minimum absolute atomic E-state index is 0.0939.